The van der Waals surface area contributed by atoms with Gasteiger partial charge in [0.25, 0.3) is 0 Å². The molecule has 0 aliphatic heterocycles. The van der Waals surface area contributed by atoms with Crippen LogP contribution in [0.3, 0.4) is 0 Å². The van der Waals surface area contributed by atoms with Crippen molar-refractivity contribution in [2.45, 2.75) is 31.1 Å². The Morgan fingerprint density at radius 2 is 2.13 bits per heavy atom. The second kappa shape index (κ2) is 7.04. The first-order valence-electron chi connectivity index (χ1n) is 7.26. The lowest BCUT2D eigenvalue weighted by Crippen LogP contribution is -2.38. The summed E-state index contributed by atoms with van der Waals surface area (Å²) in [5.74, 6) is -1.38. The van der Waals surface area contributed by atoms with Gasteiger partial charge >= 0.3 is 12.1 Å². The van der Waals surface area contributed by atoms with Crippen LogP contribution in [-0.4, -0.2) is 25.7 Å². The molecule has 0 saturated carbocycles. The van der Waals surface area contributed by atoms with Gasteiger partial charge in [-0.1, -0.05) is 12.1 Å². The molecule has 0 spiro atoms. The highest BCUT2D eigenvalue weighted by atomic mass is 19.4. The molecule has 1 aromatic rings. The zero-order chi connectivity index (χ0) is 17.0. The van der Waals surface area contributed by atoms with E-state index in [1.165, 1.54) is 7.11 Å². The predicted octanol–water partition coefficient (Wildman–Crippen LogP) is 3.03. The molecule has 23 heavy (non-hydrogen) atoms. The number of fused-ring (bicyclic) bond motifs is 1. The van der Waals surface area contributed by atoms with Crippen molar-refractivity contribution in [3.8, 4) is 5.75 Å². The van der Waals surface area contributed by atoms with Crippen LogP contribution in [0, 0.1) is 0 Å². The Labute approximate surface area is 132 Å². The third kappa shape index (κ3) is 4.04. The highest BCUT2D eigenvalue weighted by molar-refractivity contribution is 5.82. The van der Waals surface area contributed by atoms with Crippen LogP contribution in [0.25, 0.3) is 0 Å². The maximum Gasteiger partial charge on any atom is 0.471 e. The summed E-state index contributed by atoms with van der Waals surface area (Å²) >= 11 is 0. The predicted molar refractivity (Wildman–Crippen MR) is 80.1 cm³/mol. The van der Waals surface area contributed by atoms with E-state index >= 15 is 0 Å². The number of rotatable bonds is 6. The number of benzene rings is 1. The van der Waals surface area contributed by atoms with Crippen LogP contribution in [0.1, 0.15) is 36.1 Å². The smallest absolute Gasteiger partial charge is 0.471 e. The monoisotopic (exact) mass is 328 g/mol. The van der Waals surface area contributed by atoms with Gasteiger partial charge in [-0.3, -0.25) is 4.79 Å². The highest BCUT2D eigenvalue weighted by Crippen LogP contribution is 2.40. The van der Waals surface area contributed by atoms with Gasteiger partial charge in [-0.2, -0.15) is 13.2 Å². The summed E-state index contributed by atoms with van der Waals surface area (Å²) in [5, 5.41) is 5.34. The van der Waals surface area contributed by atoms with Crippen molar-refractivity contribution in [2.75, 3.05) is 13.7 Å². The average Bonchev–Trinajstić information content (AvgIpc) is 2.84. The van der Waals surface area contributed by atoms with E-state index in [4.69, 9.17) is 4.74 Å². The lowest BCUT2D eigenvalue weighted by Gasteiger charge is -2.16. The van der Waals surface area contributed by atoms with E-state index in [1.54, 1.807) is 18.2 Å². The Morgan fingerprint density at radius 3 is 2.74 bits per heavy atom. The van der Waals surface area contributed by atoms with Gasteiger partial charge < -0.3 is 15.4 Å². The van der Waals surface area contributed by atoms with E-state index in [9.17, 15) is 18.0 Å². The molecule has 0 heterocycles. The van der Waals surface area contributed by atoms with Crippen LogP contribution in [0.2, 0.25) is 0 Å². The van der Waals surface area contributed by atoms with E-state index in [0.717, 1.165) is 12.0 Å². The van der Waals surface area contributed by atoms with Gasteiger partial charge in [0.2, 0.25) is 0 Å². The number of carbonyl (C=O) groups excluding carboxylic acids is 1. The Morgan fingerprint density at radius 1 is 1.39 bits per heavy atom. The normalized spacial score (nSPS) is 20.0. The van der Waals surface area contributed by atoms with E-state index < -0.39 is 18.1 Å². The molecule has 1 aliphatic rings. The van der Waals surface area contributed by atoms with E-state index in [-0.39, 0.29) is 6.04 Å². The fourth-order valence-electron chi connectivity index (χ4n) is 2.72. The topological polar surface area (TPSA) is 50.4 Å². The molecule has 1 aromatic carbocycles. The zero-order valence-electron chi connectivity index (χ0n) is 12.7. The summed E-state index contributed by atoms with van der Waals surface area (Å²) < 4.78 is 42.6. The summed E-state index contributed by atoms with van der Waals surface area (Å²) in [6, 6.07) is 4.44. The molecule has 2 rings (SSSR count). The number of halogens is 3. The third-order valence-electron chi connectivity index (χ3n) is 3.82. The average molecular weight is 328 g/mol. The molecule has 0 aromatic heterocycles. The van der Waals surface area contributed by atoms with Crippen LogP contribution in [-0.2, 0) is 4.79 Å². The summed E-state index contributed by atoms with van der Waals surface area (Å²) in [5.41, 5.74) is 1.53. The molecule has 0 fully saturated rings. The molecule has 1 aliphatic carbocycles. The van der Waals surface area contributed by atoms with Crippen LogP contribution < -0.4 is 15.4 Å². The number of hydrogen-bond acceptors (Lipinski definition) is 3. The quantitative estimate of drug-likeness (QED) is 0.623. The van der Waals surface area contributed by atoms with Gasteiger partial charge in [-0.25, -0.2) is 0 Å². The molecule has 4 nitrogen and oxygen atoms in total. The summed E-state index contributed by atoms with van der Waals surface area (Å²) in [7, 11) is 1.49. The minimum atomic E-state index is -4.90. The first kappa shape index (κ1) is 17.3. The zero-order valence-corrected chi connectivity index (χ0v) is 12.7. The van der Waals surface area contributed by atoms with Gasteiger partial charge in [0.15, 0.2) is 0 Å². The lowest BCUT2D eigenvalue weighted by molar-refractivity contribution is -0.174. The SMILES string of the molecule is C=CCCNC1CC(NC(=O)C(F)(F)F)c2cc(OC)ccc21. The van der Waals surface area contributed by atoms with Crippen molar-refractivity contribution >= 4 is 5.91 Å². The van der Waals surface area contributed by atoms with Crippen LogP contribution in [0.5, 0.6) is 5.75 Å². The highest BCUT2D eigenvalue weighted by Gasteiger charge is 2.42. The number of hydrogen-bond donors (Lipinski definition) is 2. The Kier molecular flexibility index (Phi) is 5.30. The minimum absolute atomic E-state index is 0.116. The maximum absolute atomic E-state index is 12.5. The summed E-state index contributed by atoms with van der Waals surface area (Å²) in [6.07, 6.45) is -2.02. The van der Waals surface area contributed by atoms with E-state index in [0.29, 0.717) is 24.3 Å². The first-order chi connectivity index (χ1) is 10.9. The molecule has 2 N–H and O–H groups in total. The molecule has 2 atom stereocenters. The van der Waals surface area contributed by atoms with Gasteiger partial charge in [-0.05, 0) is 42.6 Å². The third-order valence-corrected chi connectivity index (χ3v) is 3.82. The molecule has 0 saturated heterocycles. The molecular formula is C16H19F3N2O2. The molecule has 7 heteroatoms. The standard InChI is InChI=1S/C16H19F3N2O2/c1-3-4-7-20-13-9-14(21-15(22)16(17,18)19)12-8-10(23-2)5-6-11(12)13/h3,5-6,8,13-14,20H,1,4,7,9H2,2H3,(H,21,22). The van der Waals surface area contributed by atoms with Gasteiger partial charge in [0.05, 0.1) is 13.2 Å². The van der Waals surface area contributed by atoms with Gasteiger partial charge in [-0.15, -0.1) is 6.58 Å². The van der Waals surface area contributed by atoms with Crippen molar-refractivity contribution < 1.29 is 22.7 Å². The van der Waals surface area contributed by atoms with E-state index in [2.05, 4.69) is 17.2 Å². The van der Waals surface area contributed by atoms with E-state index in [1.807, 2.05) is 6.07 Å². The van der Waals surface area contributed by atoms with Gasteiger partial charge in [0.1, 0.15) is 5.75 Å². The molecule has 1 amide bonds. The van der Waals surface area contributed by atoms with Crippen molar-refractivity contribution in [3.63, 3.8) is 0 Å². The Balaban J connectivity index is 2.21. The Hall–Kier alpha value is -2.02. The molecule has 0 bridgehead atoms. The fraction of sp³-hybridized carbons (Fsp3) is 0.438. The van der Waals surface area contributed by atoms with Crippen LogP contribution in [0.15, 0.2) is 30.9 Å². The number of ether oxygens (including phenoxy) is 1. The maximum atomic E-state index is 12.5. The largest absolute Gasteiger partial charge is 0.497 e. The molecule has 126 valence electrons. The summed E-state index contributed by atoms with van der Waals surface area (Å²) in [6.45, 7) is 4.30. The second-order valence-corrected chi connectivity index (χ2v) is 5.34. The fourth-order valence-corrected chi connectivity index (χ4v) is 2.72. The molecular weight excluding hydrogens is 309 g/mol. The van der Waals surface area contributed by atoms with Crippen molar-refractivity contribution in [1.29, 1.82) is 0 Å². The molecule has 2 unspecified atom stereocenters. The Bertz CT molecular complexity index is 587. The number of methoxy groups -OCH3 is 1. The first-order valence-corrected chi connectivity index (χ1v) is 7.26. The van der Waals surface area contributed by atoms with Crippen molar-refractivity contribution in [3.05, 3.63) is 42.0 Å². The van der Waals surface area contributed by atoms with Gasteiger partial charge in [0, 0.05) is 6.04 Å². The van der Waals surface area contributed by atoms with Crippen LogP contribution in [0.4, 0.5) is 13.2 Å². The van der Waals surface area contributed by atoms with Crippen molar-refractivity contribution in [1.82, 2.24) is 10.6 Å². The number of carbonyl (C=O) groups is 1. The van der Waals surface area contributed by atoms with Crippen LogP contribution >= 0.6 is 0 Å². The number of nitrogens with one attached hydrogen (secondary N) is 2. The second-order valence-electron chi connectivity index (χ2n) is 5.34. The minimum Gasteiger partial charge on any atom is -0.497 e. The van der Waals surface area contributed by atoms with Crippen molar-refractivity contribution in [2.24, 2.45) is 0 Å². The summed E-state index contributed by atoms with van der Waals surface area (Å²) in [4.78, 5) is 11.3. The molecule has 0 radical (unpaired) electrons. The lowest BCUT2D eigenvalue weighted by atomic mass is 10.1. The number of amides is 1. The number of alkyl halides is 3.